The van der Waals surface area contributed by atoms with Gasteiger partial charge in [0.15, 0.2) is 5.82 Å². The Morgan fingerprint density at radius 3 is 2.94 bits per heavy atom. The van der Waals surface area contributed by atoms with Crippen molar-refractivity contribution < 1.29 is 9.53 Å². The normalized spacial score (nSPS) is 19.8. The Balaban J connectivity index is 1.53. The molecule has 5 heterocycles. The monoisotopic (exact) mass is 433 g/mol. The molecule has 0 spiro atoms. The Morgan fingerprint density at radius 2 is 2.19 bits per heavy atom. The van der Waals surface area contributed by atoms with E-state index < -0.39 is 11.9 Å². The molecule has 11 nitrogen and oxygen atoms in total. The van der Waals surface area contributed by atoms with Crippen molar-refractivity contribution in [3.05, 3.63) is 24.8 Å². The Bertz CT molecular complexity index is 1220. The number of anilines is 1. The summed E-state index contributed by atoms with van der Waals surface area (Å²) in [6.07, 6.45) is 5.58. The Labute approximate surface area is 184 Å². The summed E-state index contributed by atoms with van der Waals surface area (Å²) in [7, 11) is 0. The van der Waals surface area contributed by atoms with Crippen molar-refractivity contribution in [2.24, 2.45) is 11.7 Å². The molecular weight excluding hydrogens is 410 g/mol. The first-order valence-corrected chi connectivity index (χ1v) is 10.5. The molecule has 1 saturated heterocycles. The van der Waals surface area contributed by atoms with Crippen LogP contribution in [0.2, 0.25) is 0 Å². The van der Waals surface area contributed by atoms with Crippen LogP contribution >= 0.6 is 0 Å². The van der Waals surface area contributed by atoms with Crippen molar-refractivity contribution >= 4 is 11.7 Å². The maximum atomic E-state index is 11.9. The first-order chi connectivity index (χ1) is 15.5. The van der Waals surface area contributed by atoms with Crippen LogP contribution in [0.15, 0.2) is 24.8 Å². The minimum absolute atomic E-state index is 0.157. The lowest BCUT2D eigenvalue weighted by Gasteiger charge is -2.23. The van der Waals surface area contributed by atoms with E-state index in [9.17, 15) is 10.1 Å². The number of imidazole rings is 1. The maximum Gasteiger partial charge on any atom is 0.240 e. The number of carbonyl (C=O) groups is 1. The summed E-state index contributed by atoms with van der Waals surface area (Å²) < 4.78 is 9.85. The zero-order chi connectivity index (χ0) is 22.4. The number of nitrogens with zero attached hydrogens (tertiary/aromatic N) is 8. The van der Waals surface area contributed by atoms with Crippen molar-refractivity contribution in [3.8, 4) is 34.7 Å². The SMILES string of the molecule is CC(C)n1ncnc1-c1cn2c(n1)-c1cnc(N3C[C@H](C#N)C[C@H]3C(N)=O)cc1OCC2. The van der Waals surface area contributed by atoms with E-state index in [4.69, 9.17) is 15.5 Å². The molecule has 0 aliphatic carbocycles. The number of aromatic nitrogens is 6. The van der Waals surface area contributed by atoms with Gasteiger partial charge in [0.1, 0.15) is 42.1 Å². The van der Waals surface area contributed by atoms with E-state index in [2.05, 4.69) is 21.1 Å². The topological polar surface area (TPSA) is 141 Å². The number of hydrogen-bond acceptors (Lipinski definition) is 8. The second-order valence-corrected chi connectivity index (χ2v) is 8.28. The molecule has 0 aromatic carbocycles. The third kappa shape index (κ3) is 3.24. The van der Waals surface area contributed by atoms with Crippen molar-refractivity contribution in [3.63, 3.8) is 0 Å². The number of primary amides is 1. The van der Waals surface area contributed by atoms with Gasteiger partial charge in [0.2, 0.25) is 5.91 Å². The molecule has 0 unspecified atom stereocenters. The molecule has 11 heteroatoms. The van der Waals surface area contributed by atoms with Gasteiger partial charge in [0.25, 0.3) is 0 Å². The quantitative estimate of drug-likeness (QED) is 0.650. The predicted molar refractivity (Wildman–Crippen MR) is 114 cm³/mol. The molecule has 0 radical (unpaired) electrons. The highest BCUT2D eigenvalue weighted by molar-refractivity contribution is 5.84. The minimum atomic E-state index is -0.563. The summed E-state index contributed by atoms with van der Waals surface area (Å²) in [5.41, 5.74) is 7.06. The van der Waals surface area contributed by atoms with Gasteiger partial charge in [-0.15, -0.1) is 0 Å². The van der Waals surface area contributed by atoms with Gasteiger partial charge in [-0.1, -0.05) is 0 Å². The standard InChI is InChI=1S/C21H23N9O2/c1-12(2)30-21(25-11-26-30)15-10-28-3-4-32-17-6-18(24-8-14(17)20(28)27-15)29-9-13(7-22)5-16(29)19(23)31/h6,8,10-13,16H,3-5,9H2,1-2H3,(H2,23,31)/t13-,16-/m0/s1. The highest BCUT2D eigenvalue weighted by atomic mass is 16.5. The fourth-order valence-electron chi connectivity index (χ4n) is 4.30. The number of rotatable bonds is 4. The van der Waals surface area contributed by atoms with Crippen molar-refractivity contribution in [2.75, 3.05) is 18.1 Å². The second-order valence-electron chi connectivity index (χ2n) is 8.28. The van der Waals surface area contributed by atoms with Crippen LogP contribution in [0.5, 0.6) is 5.75 Å². The van der Waals surface area contributed by atoms with Gasteiger partial charge >= 0.3 is 0 Å². The van der Waals surface area contributed by atoms with Crippen LogP contribution in [0.3, 0.4) is 0 Å². The van der Waals surface area contributed by atoms with Gasteiger partial charge in [0, 0.05) is 31.0 Å². The highest BCUT2D eigenvalue weighted by Gasteiger charge is 2.37. The number of fused-ring (bicyclic) bond motifs is 3. The summed E-state index contributed by atoms with van der Waals surface area (Å²) >= 11 is 0. The summed E-state index contributed by atoms with van der Waals surface area (Å²) in [5, 5.41) is 13.6. The molecule has 0 bridgehead atoms. The lowest BCUT2D eigenvalue weighted by Crippen LogP contribution is -2.40. The summed E-state index contributed by atoms with van der Waals surface area (Å²) in [5.74, 6) is 1.89. The van der Waals surface area contributed by atoms with Crippen molar-refractivity contribution in [1.29, 1.82) is 5.26 Å². The molecule has 3 aromatic rings. The van der Waals surface area contributed by atoms with Crippen LogP contribution in [-0.2, 0) is 11.3 Å². The molecule has 1 amide bonds. The number of hydrogen-bond donors (Lipinski definition) is 1. The number of nitrogens with two attached hydrogens (primary N) is 1. The largest absolute Gasteiger partial charge is 0.491 e. The van der Waals surface area contributed by atoms with Crippen LogP contribution < -0.4 is 15.4 Å². The molecule has 5 rings (SSSR count). The zero-order valence-corrected chi connectivity index (χ0v) is 17.8. The first-order valence-electron chi connectivity index (χ1n) is 10.5. The molecule has 2 atom stereocenters. The van der Waals surface area contributed by atoms with Crippen LogP contribution in [-0.4, -0.2) is 54.4 Å². The third-order valence-corrected chi connectivity index (χ3v) is 5.86. The van der Waals surface area contributed by atoms with Crippen molar-refractivity contribution in [1.82, 2.24) is 29.3 Å². The molecule has 2 aliphatic heterocycles. The van der Waals surface area contributed by atoms with Gasteiger partial charge in [0.05, 0.1) is 24.1 Å². The van der Waals surface area contributed by atoms with Gasteiger partial charge in [-0.25, -0.2) is 19.6 Å². The van der Waals surface area contributed by atoms with E-state index in [0.29, 0.717) is 43.5 Å². The van der Waals surface area contributed by atoms with Crippen LogP contribution in [0.25, 0.3) is 22.9 Å². The Hall–Kier alpha value is -3.94. The first kappa shape index (κ1) is 20.0. The van der Waals surface area contributed by atoms with E-state index in [-0.39, 0.29) is 12.0 Å². The molecule has 3 aromatic heterocycles. The predicted octanol–water partition coefficient (Wildman–Crippen LogP) is 1.38. The summed E-state index contributed by atoms with van der Waals surface area (Å²) in [4.78, 5) is 27.5. The van der Waals surface area contributed by atoms with Crippen LogP contribution in [0, 0.1) is 17.2 Å². The summed E-state index contributed by atoms with van der Waals surface area (Å²) in [6.45, 7) is 5.56. The van der Waals surface area contributed by atoms with Crippen LogP contribution in [0.4, 0.5) is 5.82 Å². The lowest BCUT2D eigenvalue weighted by molar-refractivity contribution is -0.119. The molecule has 2 N–H and O–H groups in total. The van der Waals surface area contributed by atoms with E-state index in [1.807, 2.05) is 29.3 Å². The van der Waals surface area contributed by atoms with Crippen LogP contribution in [0.1, 0.15) is 26.3 Å². The number of nitriles is 1. The van der Waals surface area contributed by atoms with E-state index in [1.165, 1.54) is 6.33 Å². The highest BCUT2D eigenvalue weighted by Crippen LogP contribution is 2.37. The van der Waals surface area contributed by atoms with E-state index in [0.717, 1.165) is 17.1 Å². The molecule has 32 heavy (non-hydrogen) atoms. The number of pyridine rings is 1. The van der Waals surface area contributed by atoms with Crippen molar-refractivity contribution in [2.45, 2.75) is 38.9 Å². The molecule has 164 valence electrons. The third-order valence-electron chi connectivity index (χ3n) is 5.86. The minimum Gasteiger partial charge on any atom is -0.491 e. The molecule has 2 aliphatic rings. The molecule has 0 saturated carbocycles. The fraction of sp³-hybridized carbons (Fsp3) is 0.429. The van der Waals surface area contributed by atoms with Gasteiger partial charge < -0.3 is 19.9 Å². The Kier molecular flexibility index (Phi) is 4.77. The van der Waals surface area contributed by atoms with Gasteiger partial charge in [-0.3, -0.25) is 4.79 Å². The zero-order valence-electron chi connectivity index (χ0n) is 17.8. The molecular formula is C21H23N9O2. The average molecular weight is 433 g/mol. The average Bonchev–Trinajstić information content (AvgIpc) is 3.49. The maximum absolute atomic E-state index is 11.9. The number of ether oxygens (including phenoxy) is 1. The summed E-state index contributed by atoms with van der Waals surface area (Å²) in [6, 6.07) is 3.62. The van der Waals surface area contributed by atoms with E-state index in [1.54, 1.807) is 17.2 Å². The number of amides is 1. The van der Waals surface area contributed by atoms with E-state index >= 15 is 0 Å². The molecule has 1 fully saturated rings. The number of carbonyl (C=O) groups excluding carboxylic acids is 1. The Morgan fingerprint density at radius 1 is 1.34 bits per heavy atom. The fourth-order valence-corrected chi connectivity index (χ4v) is 4.30. The van der Waals surface area contributed by atoms with Gasteiger partial charge in [-0.05, 0) is 20.3 Å². The lowest BCUT2D eigenvalue weighted by atomic mass is 10.1. The van der Waals surface area contributed by atoms with Gasteiger partial charge in [-0.2, -0.15) is 10.4 Å². The smallest absolute Gasteiger partial charge is 0.240 e. The second kappa shape index (κ2) is 7.64.